The third-order valence-electron chi connectivity index (χ3n) is 4.62. The summed E-state index contributed by atoms with van der Waals surface area (Å²) in [7, 11) is 0. The maximum atomic E-state index is 12.9. The Morgan fingerprint density at radius 2 is 2.17 bits per heavy atom. The zero-order valence-electron chi connectivity index (χ0n) is 18.2. The Bertz CT molecular complexity index is 1180. The molecule has 0 bridgehead atoms. The number of fused-ring (bicyclic) bond motifs is 1. The standard InChI is InChI=1S/C20H19N5O8S2/c1-3-4-33-24-13(11-8-35-20(21)22-11)16(28)23-14-17(29)25-15(19(30)31)10(7-34-18(14)25)6-32-12(27)5-9(2)26/h1,8,14,18H,4-7H2,2H3,(H2,21,22)(H,23,28)(H,30,31)/b24-13-/t14-,18+/m1/s1. The lowest BCUT2D eigenvalue weighted by molar-refractivity contribution is -0.150. The third kappa shape index (κ3) is 5.78. The number of carboxylic acids is 1. The number of carboxylic acid groups (broad SMARTS) is 1. The Kier molecular flexibility index (Phi) is 8.10. The number of oxime groups is 1. The molecule has 0 aliphatic carbocycles. The summed E-state index contributed by atoms with van der Waals surface area (Å²) in [6, 6.07) is -1.06. The monoisotopic (exact) mass is 521 g/mol. The van der Waals surface area contributed by atoms with Crippen LogP contribution in [-0.2, 0) is 33.5 Å². The van der Waals surface area contributed by atoms with Gasteiger partial charge in [0.1, 0.15) is 41.6 Å². The molecule has 0 spiro atoms. The van der Waals surface area contributed by atoms with Crippen molar-refractivity contribution in [1.29, 1.82) is 0 Å². The summed E-state index contributed by atoms with van der Waals surface area (Å²) < 4.78 is 4.97. The number of thioether (sulfide) groups is 1. The summed E-state index contributed by atoms with van der Waals surface area (Å²) in [6.07, 6.45) is 4.68. The molecule has 4 N–H and O–H groups in total. The molecule has 0 unspecified atom stereocenters. The summed E-state index contributed by atoms with van der Waals surface area (Å²) in [5, 5.41) is 16.8. The number of thiazole rings is 1. The van der Waals surface area contributed by atoms with Crippen LogP contribution >= 0.6 is 23.1 Å². The van der Waals surface area contributed by atoms with E-state index in [9.17, 15) is 29.1 Å². The van der Waals surface area contributed by atoms with Crippen LogP contribution in [0.25, 0.3) is 0 Å². The first-order valence-corrected chi connectivity index (χ1v) is 11.8. The summed E-state index contributed by atoms with van der Waals surface area (Å²) in [5.41, 5.74) is 5.33. The van der Waals surface area contributed by atoms with Crippen LogP contribution in [0.3, 0.4) is 0 Å². The van der Waals surface area contributed by atoms with Crippen molar-refractivity contribution in [2.75, 3.05) is 24.7 Å². The molecule has 1 fully saturated rings. The second-order valence-electron chi connectivity index (χ2n) is 7.15. The highest BCUT2D eigenvalue weighted by atomic mass is 32.2. The second-order valence-corrected chi connectivity index (χ2v) is 9.14. The fourth-order valence-electron chi connectivity index (χ4n) is 3.16. The number of amides is 2. The van der Waals surface area contributed by atoms with Crippen molar-refractivity contribution in [2.24, 2.45) is 5.16 Å². The quantitative estimate of drug-likeness (QED) is 0.0674. The molecular weight excluding hydrogens is 502 g/mol. The Morgan fingerprint density at radius 1 is 1.43 bits per heavy atom. The summed E-state index contributed by atoms with van der Waals surface area (Å²) in [5.74, 6) is -1.76. The van der Waals surface area contributed by atoms with Crippen LogP contribution in [0.2, 0.25) is 0 Å². The lowest BCUT2D eigenvalue weighted by Crippen LogP contribution is -2.71. The van der Waals surface area contributed by atoms with Gasteiger partial charge in [-0.05, 0) is 6.92 Å². The molecule has 2 amide bonds. The van der Waals surface area contributed by atoms with Gasteiger partial charge in [-0.3, -0.25) is 24.1 Å². The van der Waals surface area contributed by atoms with Crippen molar-refractivity contribution in [3.8, 4) is 12.3 Å². The molecule has 0 saturated carbocycles. The molecule has 35 heavy (non-hydrogen) atoms. The van der Waals surface area contributed by atoms with E-state index >= 15 is 0 Å². The van der Waals surface area contributed by atoms with Gasteiger partial charge in [-0.15, -0.1) is 29.5 Å². The predicted molar refractivity (Wildman–Crippen MR) is 124 cm³/mol. The van der Waals surface area contributed by atoms with Crippen LogP contribution in [0.1, 0.15) is 19.0 Å². The Hall–Kier alpha value is -3.90. The summed E-state index contributed by atoms with van der Waals surface area (Å²) in [6.45, 7) is 0.624. The molecular formula is C20H19N5O8S2. The number of ketones is 1. The highest BCUT2D eigenvalue weighted by Gasteiger charge is 2.54. The topological polar surface area (TPSA) is 191 Å². The number of terminal acetylenes is 1. The number of aliphatic carboxylic acids is 1. The van der Waals surface area contributed by atoms with Gasteiger partial charge < -0.3 is 25.7 Å². The Labute approximate surface area is 206 Å². The number of carbonyl (C=O) groups is 5. The van der Waals surface area contributed by atoms with Gasteiger partial charge in [0.2, 0.25) is 0 Å². The molecule has 2 atom stereocenters. The molecule has 13 nitrogen and oxygen atoms in total. The van der Waals surface area contributed by atoms with E-state index in [0.29, 0.717) is 0 Å². The fraction of sp³-hybridized carbons (Fsp3) is 0.350. The van der Waals surface area contributed by atoms with Crippen molar-refractivity contribution in [3.63, 3.8) is 0 Å². The van der Waals surface area contributed by atoms with E-state index in [1.165, 1.54) is 24.1 Å². The number of aromatic nitrogens is 1. The minimum atomic E-state index is -1.39. The molecule has 1 aromatic rings. The first-order valence-electron chi connectivity index (χ1n) is 9.84. The van der Waals surface area contributed by atoms with E-state index in [-0.39, 0.29) is 46.8 Å². The fourth-order valence-corrected chi connectivity index (χ4v) is 5.04. The van der Waals surface area contributed by atoms with E-state index in [0.717, 1.165) is 16.2 Å². The van der Waals surface area contributed by atoms with Crippen LogP contribution in [0.15, 0.2) is 21.8 Å². The molecule has 3 rings (SSSR count). The summed E-state index contributed by atoms with van der Waals surface area (Å²) >= 11 is 2.24. The number of carbonyl (C=O) groups excluding carboxylic acids is 4. The van der Waals surface area contributed by atoms with Crippen LogP contribution in [0.5, 0.6) is 0 Å². The Balaban J connectivity index is 1.74. The van der Waals surface area contributed by atoms with E-state index < -0.39 is 47.4 Å². The third-order valence-corrected chi connectivity index (χ3v) is 6.63. The van der Waals surface area contributed by atoms with Crippen LogP contribution < -0.4 is 11.1 Å². The van der Waals surface area contributed by atoms with E-state index in [4.69, 9.17) is 21.7 Å². The molecule has 184 valence electrons. The number of hydrogen-bond acceptors (Lipinski definition) is 12. The van der Waals surface area contributed by atoms with E-state index in [1.807, 2.05) is 0 Å². The maximum absolute atomic E-state index is 12.9. The van der Waals surface area contributed by atoms with Crippen LogP contribution in [0.4, 0.5) is 5.13 Å². The highest BCUT2D eigenvalue weighted by molar-refractivity contribution is 8.00. The number of nitrogens with two attached hydrogens (primary N) is 1. The lowest BCUT2D eigenvalue weighted by Gasteiger charge is -2.49. The first kappa shape index (κ1) is 25.7. The number of ether oxygens (including phenoxy) is 1. The smallest absolute Gasteiger partial charge is 0.352 e. The number of nitrogen functional groups attached to an aromatic ring is 1. The number of hydrogen-bond donors (Lipinski definition) is 3. The van der Waals surface area contributed by atoms with Crippen molar-refractivity contribution in [1.82, 2.24) is 15.2 Å². The van der Waals surface area contributed by atoms with Crippen molar-refractivity contribution < 1.29 is 38.7 Å². The van der Waals surface area contributed by atoms with Gasteiger partial charge in [-0.25, -0.2) is 9.78 Å². The average Bonchev–Trinajstić information content (AvgIpc) is 3.23. The molecule has 0 radical (unpaired) electrons. The van der Waals surface area contributed by atoms with Crippen LogP contribution in [0, 0.1) is 12.3 Å². The molecule has 3 heterocycles. The minimum Gasteiger partial charge on any atom is -0.477 e. The molecule has 1 aromatic heterocycles. The van der Waals surface area contributed by atoms with Crippen molar-refractivity contribution in [3.05, 3.63) is 22.3 Å². The number of Topliss-reactive ketones (excluding diaryl/α,β-unsaturated/α-hetero) is 1. The van der Waals surface area contributed by atoms with Gasteiger partial charge in [-0.1, -0.05) is 11.1 Å². The van der Waals surface area contributed by atoms with E-state index in [2.05, 4.69) is 21.4 Å². The maximum Gasteiger partial charge on any atom is 0.352 e. The van der Waals surface area contributed by atoms with Crippen molar-refractivity contribution in [2.45, 2.75) is 24.8 Å². The van der Waals surface area contributed by atoms with Crippen molar-refractivity contribution >= 4 is 63.5 Å². The normalized spacial score (nSPS) is 19.3. The van der Waals surface area contributed by atoms with Gasteiger partial charge in [0.15, 0.2) is 17.5 Å². The molecule has 1 saturated heterocycles. The molecule has 2 aliphatic heterocycles. The number of nitrogens with zero attached hydrogens (tertiary/aromatic N) is 3. The molecule has 15 heteroatoms. The lowest BCUT2D eigenvalue weighted by atomic mass is 10.0. The number of nitrogens with one attached hydrogen (secondary N) is 1. The SMILES string of the molecule is C#CCO/N=C(\C(=O)N[C@@H]1C(=O)N2C(C(=O)O)=C(COC(=O)CC(C)=O)CS[C@@H]12)c1csc(N)n1. The number of anilines is 1. The number of esters is 1. The molecule has 0 aromatic carbocycles. The van der Waals surface area contributed by atoms with Gasteiger partial charge >= 0.3 is 11.9 Å². The van der Waals surface area contributed by atoms with Gasteiger partial charge in [-0.2, -0.15) is 0 Å². The average molecular weight is 522 g/mol. The number of β-lactam (4-membered cyclic amide) rings is 1. The number of rotatable bonds is 10. The largest absolute Gasteiger partial charge is 0.477 e. The van der Waals surface area contributed by atoms with E-state index in [1.54, 1.807) is 0 Å². The molecule has 2 aliphatic rings. The first-order chi connectivity index (χ1) is 16.6. The zero-order chi connectivity index (χ0) is 25.7. The van der Waals surface area contributed by atoms with Gasteiger partial charge in [0, 0.05) is 16.7 Å². The predicted octanol–water partition coefficient (Wildman–Crippen LogP) is -0.660. The zero-order valence-corrected chi connectivity index (χ0v) is 19.8. The Morgan fingerprint density at radius 3 is 2.77 bits per heavy atom. The van der Waals surface area contributed by atoms with Gasteiger partial charge in [0.05, 0.1) is 0 Å². The van der Waals surface area contributed by atoms with Crippen LogP contribution in [-0.4, -0.2) is 80.6 Å². The minimum absolute atomic E-state index is 0.114. The second kappa shape index (κ2) is 11.0. The summed E-state index contributed by atoms with van der Waals surface area (Å²) in [4.78, 5) is 70.1. The van der Waals surface area contributed by atoms with Gasteiger partial charge in [0.25, 0.3) is 11.8 Å². The highest BCUT2D eigenvalue weighted by Crippen LogP contribution is 2.40.